The molecule has 418 valence electrons. The first-order valence-electron chi connectivity index (χ1n) is 26.9. The lowest BCUT2D eigenvalue weighted by Crippen LogP contribution is -2.75. The van der Waals surface area contributed by atoms with Crippen LogP contribution in [0.25, 0.3) is 0 Å². The largest absolute Gasteiger partial charge is 0.460 e. The lowest BCUT2D eigenvalue weighted by atomic mass is 9.87. The number of hydrogen-bond donors (Lipinski definition) is 1. The number of nitrogens with one attached hydrogen (secondary N) is 1. The van der Waals surface area contributed by atoms with E-state index in [0.717, 1.165) is 27.2 Å². The summed E-state index contributed by atoms with van der Waals surface area (Å²) in [5.41, 5.74) is 7.26. The first kappa shape index (κ1) is 58.7. The van der Waals surface area contributed by atoms with Gasteiger partial charge >= 0.3 is 17.9 Å². The molecule has 7 aromatic carbocycles. The van der Waals surface area contributed by atoms with Crippen LogP contribution in [0.2, 0.25) is 0 Å². The minimum atomic E-state index is -4.07. The fourth-order valence-electron chi connectivity index (χ4n) is 9.28. The summed E-state index contributed by atoms with van der Waals surface area (Å²) in [6.45, 7) is -0.784. The first-order valence-corrected chi connectivity index (χ1v) is 26.9. The number of carbonyl (C=O) groups excluding carboxylic acids is 3. The number of carbonyl (C=O) groups is 3. The minimum Gasteiger partial charge on any atom is -0.460 e. The van der Waals surface area contributed by atoms with Gasteiger partial charge in [-0.15, -0.1) is 5.48 Å². The molecule has 0 bridgehead atoms. The van der Waals surface area contributed by atoms with Gasteiger partial charge in [0.15, 0.2) is 0 Å². The van der Waals surface area contributed by atoms with Crippen molar-refractivity contribution < 1.29 is 61.2 Å². The summed E-state index contributed by atoms with van der Waals surface area (Å²) in [6, 6.07) is 62.5. The molecule has 8 rings (SSSR count). The summed E-state index contributed by atoms with van der Waals surface area (Å²) in [4.78, 5) is 46.7. The van der Waals surface area contributed by atoms with Crippen molar-refractivity contribution in [2.24, 2.45) is 0 Å². The maximum Gasteiger partial charge on any atom is 0.356 e. The molecule has 0 saturated carbocycles. The Hall–Kier alpha value is -7.47. The third-order valence-electron chi connectivity index (χ3n) is 13.5. The molecule has 1 saturated heterocycles. The molecule has 7 aromatic rings. The molecule has 1 heterocycles. The van der Waals surface area contributed by atoms with E-state index in [1.54, 1.807) is 66.7 Å². The Balaban J connectivity index is 1.12. The van der Waals surface area contributed by atoms with Gasteiger partial charge in [0, 0.05) is 13.5 Å². The lowest BCUT2D eigenvalue weighted by molar-refractivity contribution is -0.439. The summed E-state index contributed by atoms with van der Waals surface area (Å²) in [6.07, 6.45) is -4.98. The van der Waals surface area contributed by atoms with Crippen LogP contribution >= 0.6 is 0 Å². The molecule has 1 N–H and O–H groups in total. The van der Waals surface area contributed by atoms with Crippen molar-refractivity contribution in [2.45, 2.75) is 108 Å². The zero-order valence-electron chi connectivity index (χ0n) is 44.8. The highest BCUT2D eigenvalue weighted by Crippen LogP contribution is 2.47. The summed E-state index contributed by atoms with van der Waals surface area (Å²) in [5, 5.41) is 0. The van der Waals surface area contributed by atoms with E-state index < -0.39 is 66.6 Å². The van der Waals surface area contributed by atoms with E-state index in [1.165, 1.54) is 6.92 Å². The van der Waals surface area contributed by atoms with Crippen molar-refractivity contribution in [3.63, 3.8) is 0 Å². The maximum atomic E-state index is 18.8. The molecule has 1 fully saturated rings. The molecule has 0 unspecified atom stereocenters. The summed E-state index contributed by atoms with van der Waals surface area (Å²) < 4.78 is 83.8. The number of rotatable bonds is 30. The molecule has 0 spiro atoms. The second-order valence-electron chi connectivity index (χ2n) is 19.5. The molecular weight excluding hydrogens is 1020 g/mol. The highest BCUT2D eigenvalue weighted by atomic mass is 19.3. The number of unbranched alkanes of at least 4 members (excludes halogenated alkanes) is 1. The van der Waals surface area contributed by atoms with Gasteiger partial charge in [-0.1, -0.05) is 200 Å². The van der Waals surface area contributed by atoms with Crippen molar-refractivity contribution >= 4 is 17.8 Å². The smallest absolute Gasteiger partial charge is 0.356 e. The number of nitrogens with zero attached hydrogens (tertiary/aromatic N) is 1. The van der Waals surface area contributed by atoms with Crippen molar-refractivity contribution in [1.29, 1.82) is 0 Å². The van der Waals surface area contributed by atoms with Gasteiger partial charge in [0.2, 0.25) is 5.91 Å². The number of hydroxylamine groups is 1. The van der Waals surface area contributed by atoms with Crippen LogP contribution in [0.4, 0.5) is 8.78 Å². The first-order chi connectivity index (χ1) is 39.1. The molecular formula is C65H68F2N2O11. The number of hydrogen-bond acceptors (Lipinski definition) is 12. The van der Waals surface area contributed by atoms with E-state index in [4.69, 9.17) is 38.0 Å². The van der Waals surface area contributed by atoms with Gasteiger partial charge in [-0.05, 0) is 64.8 Å². The standard InChI is InChI=1S/C65H68F2N2O11/c1-49(70)69(40-24-23-39-57(63(72)77-45-54-33-17-6-18-34-54)68-80-62(71)56-37-21-8-22-38-56)48-64(66,67)65(78-46-55-35-19-7-20-36-55)61(76-44-53-31-15-5-16-32-53)60(75-43-52-29-13-4-14-30-52)59(74-42-51-27-11-3-12-28-51)58(79-65)47-73-41-50-25-9-2-10-26-50/h2-22,25-38,57-61,68H,23-24,39-48H2,1H3/t57-,58+,59-,60-,61+,65+/m0/s1. The average Bonchev–Trinajstić information content (AvgIpc) is 3.62. The van der Waals surface area contributed by atoms with Crippen LogP contribution in [0, 0.1) is 0 Å². The predicted molar refractivity (Wildman–Crippen MR) is 296 cm³/mol. The van der Waals surface area contributed by atoms with Crippen molar-refractivity contribution in [2.75, 3.05) is 19.7 Å². The highest BCUT2D eigenvalue weighted by Gasteiger charge is 2.70. The van der Waals surface area contributed by atoms with Crippen LogP contribution in [-0.4, -0.2) is 84.6 Å². The molecule has 0 radical (unpaired) electrons. The summed E-state index contributed by atoms with van der Waals surface area (Å²) in [7, 11) is 0. The van der Waals surface area contributed by atoms with Gasteiger partial charge in [0.1, 0.15) is 37.1 Å². The van der Waals surface area contributed by atoms with Crippen LogP contribution in [0.3, 0.4) is 0 Å². The van der Waals surface area contributed by atoms with Gasteiger partial charge in [0.25, 0.3) is 5.79 Å². The number of amides is 1. The van der Waals surface area contributed by atoms with Crippen LogP contribution in [0.15, 0.2) is 212 Å². The van der Waals surface area contributed by atoms with Crippen LogP contribution in [-0.2, 0) is 87.2 Å². The third-order valence-corrected chi connectivity index (χ3v) is 13.5. The van der Waals surface area contributed by atoms with Gasteiger partial charge in [-0.3, -0.25) is 9.59 Å². The average molecular weight is 1090 g/mol. The Labute approximate surface area is 466 Å². The van der Waals surface area contributed by atoms with Crippen LogP contribution in [0.5, 0.6) is 0 Å². The zero-order chi connectivity index (χ0) is 55.8. The molecule has 0 aromatic heterocycles. The zero-order valence-corrected chi connectivity index (χ0v) is 44.8. The second kappa shape index (κ2) is 30.2. The van der Waals surface area contributed by atoms with E-state index in [9.17, 15) is 14.4 Å². The number of esters is 1. The number of ether oxygens (including phenoxy) is 7. The van der Waals surface area contributed by atoms with Crippen molar-refractivity contribution in [1.82, 2.24) is 10.4 Å². The van der Waals surface area contributed by atoms with Crippen LogP contribution < -0.4 is 5.48 Å². The normalized spacial score (nSPS) is 18.4. The molecule has 1 aliphatic heterocycles. The Kier molecular flexibility index (Phi) is 22.2. The number of halogens is 2. The molecule has 13 nitrogen and oxygen atoms in total. The Morgan fingerprint density at radius 3 is 1.50 bits per heavy atom. The van der Waals surface area contributed by atoms with E-state index in [2.05, 4.69) is 5.48 Å². The monoisotopic (exact) mass is 1090 g/mol. The Bertz CT molecular complexity index is 2920. The molecule has 80 heavy (non-hydrogen) atoms. The lowest BCUT2D eigenvalue weighted by Gasteiger charge is -2.54. The Morgan fingerprint density at radius 2 is 1.00 bits per heavy atom. The fourth-order valence-corrected chi connectivity index (χ4v) is 9.28. The molecule has 6 atom stereocenters. The number of alkyl halides is 2. The summed E-state index contributed by atoms with van der Waals surface area (Å²) in [5.74, 6) is -9.13. The molecule has 1 amide bonds. The van der Waals surface area contributed by atoms with Gasteiger partial charge in [-0.25, -0.2) is 4.79 Å². The van der Waals surface area contributed by atoms with Crippen LogP contribution in [0.1, 0.15) is 69.9 Å². The minimum absolute atomic E-state index is 0.0273. The van der Waals surface area contributed by atoms with E-state index in [-0.39, 0.29) is 77.6 Å². The quantitative estimate of drug-likeness (QED) is 0.0260. The van der Waals surface area contributed by atoms with Gasteiger partial charge < -0.3 is 42.9 Å². The second-order valence-corrected chi connectivity index (χ2v) is 19.5. The molecule has 0 aliphatic carbocycles. The maximum absolute atomic E-state index is 18.8. The molecule has 15 heteroatoms. The summed E-state index contributed by atoms with van der Waals surface area (Å²) >= 11 is 0. The third kappa shape index (κ3) is 17.0. The van der Waals surface area contributed by atoms with E-state index >= 15 is 8.78 Å². The van der Waals surface area contributed by atoms with Gasteiger partial charge in [-0.2, -0.15) is 8.78 Å². The van der Waals surface area contributed by atoms with E-state index in [1.807, 2.05) is 146 Å². The number of benzene rings is 7. The van der Waals surface area contributed by atoms with Crippen molar-refractivity contribution in [3.05, 3.63) is 251 Å². The SMILES string of the molecule is CC(=O)N(CCCC[C@H](NOC(=O)c1ccccc1)C(=O)OCc1ccccc1)CC(F)(F)[C@]1(OCc2ccccc2)O[C@H](COCc2ccccc2)[C@H](OCc2ccccc2)[C@H](OCc2ccccc2)[C@H]1OCc1ccccc1. The fraction of sp³-hybridized carbons (Fsp3) is 0.308. The van der Waals surface area contributed by atoms with E-state index in [0.29, 0.717) is 11.1 Å². The predicted octanol–water partition coefficient (Wildman–Crippen LogP) is 11.4. The van der Waals surface area contributed by atoms with Crippen molar-refractivity contribution in [3.8, 4) is 0 Å². The highest BCUT2D eigenvalue weighted by molar-refractivity contribution is 5.89. The topological polar surface area (TPSA) is 140 Å². The van der Waals surface area contributed by atoms with Gasteiger partial charge in [0.05, 0.1) is 51.7 Å². The molecule has 1 aliphatic rings. The Morgan fingerprint density at radius 1 is 0.562 bits per heavy atom.